The van der Waals surface area contributed by atoms with Crippen molar-refractivity contribution < 1.29 is 14.5 Å². The number of hydrogen-bond acceptors (Lipinski definition) is 2. The quantitative estimate of drug-likeness (QED) is 0.758. The maximum atomic E-state index is 12.5. The first-order valence-corrected chi connectivity index (χ1v) is 8.76. The van der Waals surface area contributed by atoms with E-state index in [2.05, 4.69) is 23.5 Å². The molecule has 1 aliphatic heterocycles. The van der Waals surface area contributed by atoms with Crippen molar-refractivity contribution in [2.75, 3.05) is 39.3 Å². The zero-order valence-electron chi connectivity index (χ0n) is 14.7. The lowest BCUT2D eigenvalue weighted by molar-refractivity contribution is -0.882. The first kappa shape index (κ1) is 18.2. The Morgan fingerprint density at radius 1 is 1.17 bits per heavy atom. The summed E-state index contributed by atoms with van der Waals surface area (Å²) in [6.07, 6.45) is 3.03. The number of hydrogen-bond donors (Lipinski definition) is 2. The third-order valence-electron chi connectivity index (χ3n) is 4.39. The van der Waals surface area contributed by atoms with E-state index >= 15 is 0 Å². The number of nitrogens with one attached hydrogen (secondary N) is 2. The van der Waals surface area contributed by atoms with Crippen LogP contribution in [-0.4, -0.2) is 56.0 Å². The third-order valence-corrected chi connectivity index (χ3v) is 4.39. The average Bonchev–Trinajstić information content (AvgIpc) is 2.62. The molecule has 0 saturated carbocycles. The summed E-state index contributed by atoms with van der Waals surface area (Å²) in [7, 11) is 0. The SMILES string of the molecule is CCNC(=O)C[NH+](CC)CC(=O)N1CC=C(c2ccccc2)CC1. The minimum absolute atomic E-state index is 0.00653. The fourth-order valence-corrected chi connectivity index (χ4v) is 2.93. The van der Waals surface area contributed by atoms with E-state index in [4.69, 9.17) is 0 Å². The third kappa shape index (κ3) is 5.20. The molecule has 0 fully saturated rings. The van der Waals surface area contributed by atoms with Gasteiger partial charge in [0.1, 0.15) is 0 Å². The van der Waals surface area contributed by atoms with Gasteiger partial charge in [-0.3, -0.25) is 9.59 Å². The van der Waals surface area contributed by atoms with Crippen LogP contribution in [0.5, 0.6) is 0 Å². The molecule has 0 saturated heterocycles. The number of quaternary nitrogens is 1. The largest absolute Gasteiger partial charge is 0.351 e. The van der Waals surface area contributed by atoms with E-state index in [1.54, 1.807) is 0 Å². The molecule has 5 heteroatoms. The summed E-state index contributed by atoms with van der Waals surface area (Å²) in [4.78, 5) is 27.1. The summed E-state index contributed by atoms with van der Waals surface area (Å²) in [6, 6.07) is 10.3. The number of amides is 2. The van der Waals surface area contributed by atoms with Crippen LogP contribution in [0.2, 0.25) is 0 Å². The second kappa shape index (κ2) is 9.23. The van der Waals surface area contributed by atoms with Gasteiger partial charge in [0.2, 0.25) is 0 Å². The van der Waals surface area contributed by atoms with Crippen molar-refractivity contribution in [3.05, 3.63) is 42.0 Å². The highest BCUT2D eigenvalue weighted by atomic mass is 16.2. The van der Waals surface area contributed by atoms with Crippen molar-refractivity contribution in [1.82, 2.24) is 10.2 Å². The van der Waals surface area contributed by atoms with E-state index in [9.17, 15) is 9.59 Å². The summed E-state index contributed by atoms with van der Waals surface area (Å²) >= 11 is 0. The Bertz CT molecular complexity index is 584. The van der Waals surface area contributed by atoms with Crippen LogP contribution in [0.3, 0.4) is 0 Å². The van der Waals surface area contributed by atoms with Gasteiger partial charge in [0.25, 0.3) is 11.8 Å². The zero-order chi connectivity index (χ0) is 17.4. The van der Waals surface area contributed by atoms with E-state index in [1.807, 2.05) is 36.9 Å². The lowest BCUT2D eigenvalue weighted by Gasteiger charge is -2.28. The molecule has 0 aliphatic carbocycles. The molecule has 1 aliphatic rings. The van der Waals surface area contributed by atoms with Crippen LogP contribution >= 0.6 is 0 Å². The first-order chi connectivity index (χ1) is 11.6. The summed E-state index contributed by atoms with van der Waals surface area (Å²) in [6.45, 7) is 7.44. The number of carbonyl (C=O) groups excluding carboxylic acids is 2. The summed E-state index contributed by atoms with van der Waals surface area (Å²) in [5, 5.41) is 2.79. The van der Waals surface area contributed by atoms with Gasteiger partial charge in [-0.25, -0.2) is 0 Å². The number of likely N-dealkylation sites (N-methyl/N-ethyl adjacent to an activating group) is 2. The van der Waals surface area contributed by atoms with Gasteiger partial charge in [-0.2, -0.15) is 0 Å². The van der Waals surface area contributed by atoms with Crippen LogP contribution in [0.1, 0.15) is 25.8 Å². The minimum atomic E-state index is 0.00653. The molecular weight excluding hydrogens is 302 g/mol. The van der Waals surface area contributed by atoms with Gasteiger partial charge in [-0.05, 0) is 31.4 Å². The number of nitrogens with zero attached hydrogens (tertiary/aromatic N) is 1. The minimum Gasteiger partial charge on any atom is -0.351 e. The molecule has 2 N–H and O–H groups in total. The predicted octanol–water partition coefficient (Wildman–Crippen LogP) is 0.343. The molecule has 24 heavy (non-hydrogen) atoms. The van der Waals surface area contributed by atoms with Crippen LogP contribution in [0.25, 0.3) is 5.57 Å². The number of rotatable bonds is 7. The number of benzene rings is 1. The van der Waals surface area contributed by atoms with Crippen molar-refractivity contribution in [1.29, 1.82) is 0 Å². The smallest absolute Gasteiger partial charge is 0.278 e. The van der Waals surface area contributed by atoms with E-state index in [1.165, 1.54) is 11.1 Å². The van der Waals surface area contributed by atoms with Gasteiger partial charge in [0.15, 0.2) is 13.1 Å². The zero-order valence-corrected chi connectivity index (χ0v) is 14.7. The topological polar surface area (TPSA) is 53.9 Å². The predicted molar refractivity (Wildman–Crippen MR) is 95.5 cm³/mol. The van der Waals surface area contributed by atoms with Crippen LogP contribution in [0.4, 0.5) is 0 Å². The highest BCUT2D eigenvalue weighted by molar-refractivity contribution is 5.80. The summed E-state index contributed by atoms with van der Waals surface area (Å²) in [5.74, 6) is 0.131. The van der Waals surface area contributed by atoms with E-state index in [-0.39, 0.29) is 11.8 Å². The van der Waals surface area contributed by atoms with Crippen molar-refractivity contribution in [2.24, 2.45) is 0 Å². The fraction of sp³-hybridized carbons (Fsp3) is 0.474. The molecule has 2 amide bonds. The summed E-state index contributed by atoms with van der Waals surface area (Å²) in [5.41, 5.74) is 2.54. The molecule has 0 bridgehead atoms. The molecular formula is C19H28N3O2+. The van der Waals surface area contributed by atoms with Gasteiger partial charge >= 0.3 is 0 Å². The maximum Gasteiger partial charge on any atom is 0.278 e. The summed E-state index contributed by atoms with van der Waals surface area (Å²) < 4.78 is 0. The lowest BCUT2D eigenvalue weighted by Crippen LogP contribution is -3.14. The van der Waals surface area contributed by atoms with E-state index < -0.39 is 0 Å². The van der Waals surface area contributed by atoms with Crippen molar-refractivity contribution >= 4 is 17.4 Å². The standard InChI is InChI=1S/C19H27N3O2/c1-3-20-18(23)14-21(4-2)15-19(24)22-12-10-17(11-13-22)16-8-6-5-7-9-16/h5-10H,3-4,11-15H2,1-2H3,(H,20,23)/p+1. The van der Waals surface area contributed by atoms with Crippen molar-refractivity contribution in [3.63, 3.8) is 0 Å². The van der Waals surface area contributed by atoms with Crippen LogP contribution in [0.15, 0.2) is 36.4 Å². The number of carbonyl (C=O) groups is 2. The highest BCUT2D eigenvalue weighted by Gasteiger charge is 2.22. The molecule has 1 aromatic rings. The molecule has 1 heterocycles. The lowest BCUT2D eigenvalue weighted by atomic mass is 9.99. The first-order valence-electron chi connectivity index (χ1n) is 8.76. The molecule has 5 nitrogen and oxygen atoms in total. The van der Waals surface area contributed by atoms with E-state index in [0.29, 0.717) is 26.2 Å². The average molecular weight is 330 g/mol. The van der Waals surface area contributed by atoms with Gasteiger partial charge in [-0.15, -0.1) is 0 Å². The monoisotopic (exact) mass is 330 g/mol. The molecule has 2 rings (SSSR count). The molecule has 1 aromatic carbocycles. The highest BCUT2D eigenvalue weighted by Crippen LogP contribution is 2.21. The van der Waals surface area contributed by atoms with Gasteiger partial charge in [0.05, 0.1) is 6.54 Å². The van der Waals surface area contributed by atoms with Crippen molar-refractivity contribution in [2.45, 2.75) is 20.3 Å². The Kier molecular flexibility index (Phi) is 7.00. The van der Waals surface area contributed by atoms with Crippen LogP contribution in [-0.2, 0) is 9.59 Å². The van der Waals surface area contributed by atoms with Gasteiger partial charge in [-0.1, -0.05) is 36.4 Å². The van der Waals surface area contributed by atoms with Crippen LogP contribution in [0, 0.1) is 0 Å². The van der Waals surface area contributed by atoms with Gasteiger partial charge < -0.3 is 15.1 Å². The Morgan fingerprint density at radius 2 is 1.92 bits per heavy atom. The van der Waals surface area contributed by atoms with Crippen molar-refractivity contribution in [3.8, 4) is 0 Å². The fourth-order valence-electron chi connectivity index (χ4n) is 2.93. The molecule has 0 radical (unpaired) electrons. The van der Waals surface area contributed by atoms with Crippen LogP contribution < -0.4 is 10.2 Å². The Balaban J connectivity index is 1.87. The maximum absolute atomic E-state index is 12.5. The molecule has 1 atom stereocenters. The second-order valence-corrected chi connectivity index (χ2v) is 6.10. The molecule has 0 spiro atoms. The molecule has 1 unspecified atom stereocenters. The second-order valence-electron chi connectivity index (χ2n) is 6.10. The Labute approximate surface area is 144 Å². The van der Waals surface area contributed by atoms with E-state index in [0.717, 1.165) is 24.4 Å². The molecule has 130 valence electrons. The Hall–Kier alpha value is -2.14. The normalized spacial score (nSPS) is 15.6. The Morgan fingerprint density at radius 3 is 2.50 bits per heavy atom. The molecule has 0 aromatic heterocycles. The van der Waals surface area contributed by atoms with Gasteiger partial charge in [0, 0.05) is 19.6 Å².